The summed E-state index contributed by atoms with van der Waals surface area (Å²) >= 11 is 0. The summed E-state index contributed by atoms with van der Waals surface area (Å²) < 4.78 is 0. The molecule has 0 aliphatic rings. The Morgan fingerprint density at radius 3 is 2.47 bits per heavy atom. The number of nitrogen functional groups attached to an aromatic ring is 1. The van der Waals surface area contributed by atoms with Gasteiger partial charge >= 0.3 is 0 Å². The smallest absolute Gasteiger partial charge is 0.228 e. The molecule has 19 heavy (non-hydrogen) atoms. The molecule has 0 saturated heterocycles. The summed E-state index contributed by atoms with van der Waals surface area (Å²) in [6, 6.07) is 11.1. The first-order valence-electron chi connectivity index (χ1n) is 6.13. The minimum Gasteiger partial charge on any atom is -0.399 e. The van der Waals surface area contributed by atoms with Crippen LogP contribution in [0.15, 0.2) is 36.4 Å². The third kappa shape index (κ3) is 3.55. The zero-order chi connectivity index (χ0) is 13.8. The molecule has 0 atom stereocenters. The Morgan fingerprint density at radius 1 is 1.16 bits per heavy atom. The van der Waals surface area contributed by atoms with Gasteiger partial charge in [0.1, 0.15) is 0 Å². The normalized spacial score (nSPS) is 10.2. The molecule has 4 nitrogen and oxygen atoms in total. The average molecular weight is 255 g/mol. The number of rotatable bonds is 3. The lowest BCUT2D eigenvalue weighted by molar-refractivity contribution is -0.115. The Labute approximate surface area is 112 Å². The van der Waals surface area contributed by atoms with Crippen molar-refractivity contribution in [2.45, 2.75) is 20.3 Å². The Kier molecular flexibility index (Phi) is 3.80. The molecule has 98 valence electrons. The second-order valence-corrected chi connectivity index (χ2v) is 4.55. The first-order chi connectivity index (χ1) is 9.04. The van der Waals surface area contributed by atoms with Gasteiger partial charge in [-0.05, 0) is 43.7 Å². The highest BCUT2D eigenvalue weighted by Gasteiger charge is 2.06. The van der Waals surface area contributed by atoms with Crippen molar-refractivity contribution in [1.82, 2.24) is 4.98 Å². The molecule has 2 aromatic rings. The quantitative estimate of drug-likeness (QED) is 0.828. The van der Waals surface area contributed by atoms with Crippen LogP contribution in [-0.2, 0) is 11.2 Å². The van der Waals surface area contributed by atoms with E-state index in [0.29, 0.717) is 12.1 Å². The van der Waals surface area contributed by atoms with Crippen LogP contribution in [0.5, 0.6) is 0 Å². The van der Waals surface area contributed by atoms with Gasteiger partial charge in [0.2, 0.25) is 5.91 Å². The van der Waals surface area contributed by atoms with E-state index in [-0.39, 0.29) is 5.91 Å². The predicted molar refractivity (Wildman–Crippen MR) is 76.9 cm³/mol. The molecule has 0 spiro atoms. The van der Waals surface area contributed by atoms with Crippen LogP contribution in [0, 0.1) is 13.8 Å². The number of benzene rings is 1. The molecule has 1 aromatic carbocycles. The molecule has 0 aliphatic carbocycles. The fourth-order valence-corrected chi connectivity index (χ4v) is 1.83. The van der Waals surface area contributed by atoms with Gasteiger partial charge in [-0.25, -0.2) is 0 Å². The number of aromatic nitrogens is 1. The summed E-state index contributed by atoms with van der Waals surface area (Å²) in [5, 5.41) is 2.87. The van der Waals surface area contributed by atoms with Crippen LogP contribution < -0.4 is 11.1 Å². The van der Waals surface area contributed by atoms with Gasteiger partial charge in [0, 0.05) is 11.4 Å². The molecule has 0 aliphatic heterocycles. The zero-order valence-corrected chi connectivity index (χ0v) is 11.1. The number of amides is 1. The molecule has 0 unspecified atom stereocenters. The molecular weight excluding hydrogens is 238 g/mol. The molecule has 1 aromatic heterocycles. The van der Waals surface area contributed by atoms with Crippen molar-refractivity contribution < 1.29 is 4.79 Å². The molecule has 0 radical (unpaired) electrons. The first-order valence-corrected chi connectivity index (χ1v) is 6.13. The van der Waals surface area contributed by atoms with Crippen molar-refractivity contribution in [3.8, 4) is 0 Å². The fraction of sp³-hybridized carbons (Fsp3) is 0.200. The van der Waals surface area contributed by atoms with E-state index in [2.05, 4.69) is 10.3 Å². The lowest BCUT2D eigenvalue weighted by Gasteiger charge is -2.08. The van der Waals surface area contributed by atoms with E-state index in [1.54, 1.807) is 12.1 Å². The van der Waals surface area contributed by atoms with E-state index in [1.807, 2.05) is 38.1 Å². The summed E-state index contributed by atoms with van der Waals surface area (Å²) in [6.07, 6.45) is 0.327. The standard InChI is InChI=1S/C15H17N3O/c1-10-3-8-14(11(2)17-10)18-15(19)9-12-4-6-13(16)7-5-12/h3-8H,9,16H2,1-2H3,(H,18,19). The number of carbonyl (C=O) groups is 1. The third-order valence-corrected chi connectivity index (χ3v) is 2.84. The molecule has 2 rings (SSSR count). The van der Waals surface area contributed by atoms with Crippen molar-refractivity contribution in [3.63, 3.8) is 0 Å². The maximum Gasteiger partial charge on any atom is 0.228 e. The SMILES string of the molecule is Cc1ccc(NC(=O)Cc2ccc(N)cc2)c(C)n1. The largest absolute Gasteiger partial charge is 0.399 e. The summed E-state index contributed by atoms with van der Waals surface area (Å²) in [5.74, 6) is -0.0569. The number of hydrogen-bond donors (Lipinski definition) is 2. The molecule has 4 heteroatoms. The van der Waals surface area contributed by atoms with Gasteiger partial charge in [-0.1, -0.05) is 12.1 Å². The molecule has 0 saturated carbocycles. The lowest BCUT2D eigenvalue weighted by atomic mass is 10.1. The second-order valence-electron chi connectivity index (χ2n) is 4.55. The highest BCUT2D eigenvalue weighted by molar-refractivity contribution is 5.92. The monoisotopic (exact) mass is 255 g/mol. The predicted octanol–water partition coefficient (Wildman–Crippen LogP) is 2.46. The maximum atomic E-state index is 11.9. The van der Waals surface area contributed by atoms with E-state index < -0.39 is 0 Å². The van der Waals surface area contributed by atoms with Gasteiger partial charge in [-0.15, -0.1) is 0 Å². The average Bonchev–Trinajstić information content (AvgIpc) is 2.36. The number of pyridine rings is 1. The number of nitrogens with zero attached hydrogens (tertiary/aromatic N) is 1. The Balaban J connectivity index is 2.03. The molecule has 0 bridgehead atoms. The number of anilines is 2. The molecule has 1 heterocycles. The topological polar surface area (TPSA) is 68.0 Å². The van der Waals surface area contributed by atoms with Crippen LogP contribution in [-0.4, -0.2) is 10.9 Å². The highest BCUT2D eigenvalue weighted by Crippen LogP contribution is 2.13. The van der Waals surface area contributed by atoms with Gasteiger partial charge in [-0.3, -0.25) is 9.78 Å². The first kappa shape index (κ1) is 13.1. The Bertz CT molecular complexity index is 591. The van der Waals surface area contributed by atoms with Crippen molar-refractivity contribution in [3.05, 3.63) is 53.3 Å². The number of nitrogens with one attached hydrogen (secondary N) is 1. The third-order valence-electron chi connectivity index (χ3n) is 2.84. The molecular formula is C15H17N3O. The molecule has 0 fully saturated rings. The van der Waals surface area contributed by atoms with Crippen molar-refractivity contribution in [2.24, 2.45) is 0 Å². The van der Waals surface area contributed by atoms with Crippen LogP contribution in [0.25, 0.3) is 0 Å². The van der Waals surface area contributed by atoms with Gasteiger partial charge in [0.25, 0.3) is 0 Å². The Hall–Kier alpha value is -2.36. The van der Waals surface area contributed by atoms with Crippen LogP contribution >= 0.6 is 0 Å². The van der Waals surface area contributed by atoms with Crippen LogP contribution in [0.3, 0.4) is 0 Å². The number of aryl methyl sites for hydroxylation is 2. The van der Waals surface area contributed by atoms with Crippen molar-refractivity contribution in [2.75, 3.05) is 11.1 Å². The molecule has 3 N–H and O–H groups in total. The van der Waals surface area contributed by atoms with Gasteiger partial charge in [0.15, 0.2) is 0 Å². The summed E-state index contributed by atoms with van der Waals surface area (Å²) in [4.78, 5) is 16.2. The Morgan fingerprint density at radius 2 is 1.84 bits per heavy atom. The van der Waals surface area contributed by atoms with E-state index >= 15 is 0 Å². The van der Waals surface area contributed by atoms with E-state index in [1.165, 1.54) is 0 Å². The van der Waals surface area contributed by atoms with Gasteiger partial charge < -0.3 is 11.1 Å². The van der Waals surface area contributed by atoms with Crippen molar-refractivity contribution in [1.29, 1.82) is 0 Å². The summed E-state index contributed by atoms with van der Waals surface area (Å²) in [6.45, 7) is 3.80. The maximum absolute atomic E-state index is 11.9. The van der Waals surface area contributed by atoms with Gasteiger partial charge in [0.05, 0.1) is 17.8 Å². The summed E-state index contributed by atoms with van der Waals surface area (Å²) in [5.41, 5.74) is 9.76. The molecule has 1 amide bonds. The number of nitrogens with two attached hydrogens (primary N) is 1. The highest BCUT2D eigenvalue weighted by atomic mass is 16.1. The lowest BCUT2D eigenvalue weighted by Crippen LogP contribution is -2.15. The van der Waals surface area contributed by atoms with Gasteiger partial charge in [-0.2, -0.15) is 0 Å². The van der Waals surface area contributed by atoms with Crippen LogP contribution in [0.4, 0.5) is 11.4 Å². The van der Waals surface area contributed by atoms with Crippen molar-refractivity contribution >= 4 is 17.3 Å². The minimum absolute atomic E-state index is 0.0569. The van der Waals surface area contributed by atoms with Crippen LogP contribution in [0.1, 0.15) is 17.0 Å². The van der Waals surface area contributed by atoms with E-state index in [9.17, 15) is 4.79 Å². The minimum atomic E-state index is -0.0569. The zero-order valence-electron chi connectivity index (χ0n) is 11.1. The summed E-state index contributed by atoms with van der Waals surface area (Å²) in [7, 11) is 0. The van der Waals surface area contributed by atoms with Crippen LogP contribution in [0.2, 0.25) is 0 Å². The van der Waals surface area contributed by atoms with E-state index in [4.69, 9.17) is 5.73 Å². The number of hydrogen-bond acceptors (Lipinski definition) is 3. The fourth-order valence-electron chi connectivity index (χ4n) is 1.83. The second kappa shape index (κ2) is 5.52. The van der Waals surface area contributed by atoms with E-state index in [0.717, 1.165) is 22.6 Å². The number of carbonyl (C=O) groups excluding carboxylic acids is 1.